The highest BCUT2D eigenvalue weighted by molar-refractivity contribution is 5.77. The van der Waals surface area contributed by atoms with Crippen molar-refractivity contribution in [3.8, 4) is 0 Å². The van der Waals surface area contributed by atoms with Crippen molar-refractivity contribution < 1.29 is 4.79 Å². The molecule has 3 N–H and O–H groups in total. The second-order valence-corrected chi connectivity index (χ2v) is 3.72. The largest absolute Gasteiger partial charge is 0.294 e. The predicted molar refractivity (Wildman–Crippen MR) is 47.1 cm³/mol. The molecule has 1 aliphatic rings. The Morgan fingerprint density at radius 2 is 2.00 bits per heavy atom. The molecule has 1 saturated heterocycles. The Labute approximate surface area is 73.1 Å². The first-order valence-electron chi connectivity index (χ1n) is 4.35. The molecule has 70 valence electrons. The second-order valence-electron chi connectivity index (χ2n) is 3.72. The van der Waals surface area contributed by atoms with Crippen molar-refractivity contribution in [2.45, 2.75) is 13.8 Å². The van der Waals surface area contributed by atoms with Crippen LogP contribution >= 0.6 is 0 Å². The number of nitrogens with one attached hydrogen (secondary N) is 1. The molecule has 1 heterocycles. The quantitative estimate of drug-likeness (QED) is 0.336. The van der Waals surface area contributed by atoms with E-state index in [9.17, 15) is 4.79 Å². The highest BCUT2D eigenvalue weighted by Crippen LogP contribution is 2.21. The molecule has 1 amide bonds. The monoisotopic (exact) mass is 171 g/mol. The Bertz CT molecular complexity index is 162. The van der Waals surface area contributed by atoms with E-state index in [1.54, 1.807) is 0 Å². The van der Waals surface area contributed by atoms with E-state index in [1.807, 2.05) is 0 Å². The number of carbonyl (C=O) groups excluding carboxylic acids is 1. The van der Waals surface area contributed by atoms with Crippen LogP contribution in [-0.4, -0.2) is 30.4 Å². The van der Waals surface area contributed by atoms with E-state index >= 15 is 0 Å². The Morgan fingerprint density at radius 3 is 2.42 bits per heavy atom. The van der Waals surface area contributed by atoms with Gasteiger partial charge < -0.3 is 0 Å². The van der Waals surface area contributed by atoms with Gasteiger partial charge in [0.2, 0.25) is 5.91 Å². The fraction of sp³-hybridized carbons (Fsp3) is 0.875. The molecular weight excluding hydrogens is 154 g/mol. The van der Waals surface area contributed by atoms with E-state index < -0.39 is 0 Å². The molecule has 1 aliphatic heterocycles. The number of hydrazine groups is 1. The third kappa shape index (κ3) is 2.19. The zero-order valence-electron chi connectivity index (χ0n) is 7.71. The van der Waals surface area contributed by atoms with Gasteiger partial charge in [-0.15, -0.1) is 0 Å². The molecule has 0 aromatic heterocycles. The van der Waals surface area contributed by atoms with Crippen molar-refractivity contribution >= 4 is 5.91 Å². The number of amides is 1. The molecule has 0 radical (unpaired) electrons. The van der Waals surface area contributed by atoms with Crippen molar-refractivity contribution in [2.24, 2.45) is 17.7 Å². The average Bonchev–Trinajstić information content (AvgIpc) is 2.31. The highest BCUT2D eigenvalue weighted by Gasteiger charge is 2.26. The van der Waals surface area contributed by atoms with Gasteiger partial charge in [0.1, 0.15) is 0 Å². The summed E-state index contributed by atoms with van der Waals surface area (Å²) in [6.07, 6.45) is 0. The maximum absolute atomic E-state index is 10.9. The topological polar surface area (TPSA) is 58.4 Å². The van der Waals surface area contributed by atoms with E-state index in [1.165, 1.54) is 0 Å². The molecule has 12 heavy (non-hydrogen) atoms. The summed E-state index contributed by atoms with van der Waals surface area (Å²) in [5.41, 5.74) is 2.14. The van der Waals surface area contributed by atoms with Gasteiger partial charge in [0.15, 0.2) is 0 Å². The summed E-state index contributed by atoms with van der Waals surface area (Å²) in [6.45, 7) is 6.88. The first-order valence-corrected chi connectivity index (χ1v) is 4.35. The van der Waals surface area contributed by atoms with Gasteiger partial charge in [0.25, 0.3) is 0 Å². The highest BCUT2D eigenvalue weighted by atomic mass is 16.2. The van der Waals surface area contributed by atoms with Crippen LogP contribution in [0.1, 0.15) is 13.8 Å². The van der Waals surface area contributed by atoms with Crippen molar-refractivity contribution in [1.29, 1.82) is 0 Å². The van der Waals surface area contributed by atoms with Gasteiger partial charge in [0.05, 0.1) is 6.54 Å². The molecule has 2 unspecified atom stereocenters. The van der Waals surface area contributed by atoms with Gasteiger partial charge in [-0.3, -0.25) is 15.1 Å². The summed E-state index contributed by atoms with van der Waals surface area (Å²) in [7, 11) is 0. The van der Waals surface area contributed by atoms with Gasteiger partial charge in [0, 0.05) is 13.1 Å². The number of hydrogen-bond acceptors (Lipinski definition) is 3. The average molecular weight is 171 g/mol. The lowest BCUT2D eigenvalue weighted by Crippen LogP contribution is -2.39. The molecule has 2 atom stereocenters. The van der Waals surface area contributed by atoms with Gasteiger partial charge in [-0.25, -0.2) is 5.84 Å². The third-order valence-corrected chi connectivity index (χ3v) is 2.59. The molecule has 0 aromatic rings. The van der Waals surface area contributed by atoms with E-state index in [4.69, 9.17) is 5.84 Å². The SMILES string of the molecule is CC1CN(CC(=O)NN)CC1C. The molecule has 1 fully saturated rings. The lowest BCUT2D eigenvalue weighted by Gasteiger charge is -2.13. The van der Waals surface area contributed by atoms with Crippen LogP contribution in [-0.2, 0) is 4.79 Å². The van der Waals surface area contributed by atoms with Crippen LogP contribution in [0.4, 0.5) is 0 Å². The van der Waals surface area contributed by atoms with Gasteiger partial charge >= 0.3 is 0 Å². The summed E-state index contributed by atoms with van der Waals surface area (Å²) in [4.78, 5) is 13.0. The molecule has 4 heteroatoms. The summed E-state index contributed by atoms with van der Waals surface area (Å²) in [5.74, 6) is 6.27. The van der Waals surface area contributed by atoms with E-state index in [0.717, 1.165) is 13.1 Å². The zero-order chi connectivity index (χ0) is 9.14. The molecule has 0 spiro atoms. The fourth-order valence-electron chi connectivity index (χ4n) is 1.63. The lowest BCUT2D eigenvalue weighted by atomic mass is 10.0. The molecule has 0 aromatic carbocycles. The smallest absolute Gasteiger partial charge is 0.248 e. The van der Waals surface area contributed by atoms with Crippen molar-refractivity contribution in [3.05, 3.63) is 0 Å². The summed E-state index contributed by atoms with van der Waals surface area (Å²) >= 11 is 0. The van der Waals surface area contributed by atoms with Crippen LogP contribution in [0, 0.1) is 11.8 Å². The molecule has 4 nitrogen and oxygen atoms in total. The zero-order valence-corrected chi connectivity index (χ0v) is 7.71. The van der Waals surface area contributed by atoms with Crippen molar-refractivity contribution in [1.82, 2.24) is 10.3 Å². The normalized spacial score (nSPS) is 30.6. The maximum atomic E-state index is 10.9. The summed E-state index contributed by atoms with van der Waals surface area (Å²) in [5, 5.41) is 0. The number of carbonyl (C=O) groups is 1. The maximum Gasteiger partial charge on any atom is 0.248 e. The van der Waals surface area contributed by atoms with Crippen molar-refractivity contribution in [2.75, 3.05) is 19.6 Å². The number of nitrogens with two attached hydrogens (primary N) is 1. The Hall–Kier alpha value is -0.610. The molecule has 0 aliphatic carbocycles. The van der Waals surface area contributed by atoms with Crippen molar-refractivity contribution in [3.63, 3.8) is 0 Å². The fourth-order valence-corrected chi connectivity index (χ4v) is 1.63. The Morgan fingerprint density at radius 1 is 1.50 bits per heavy atom. The number of nitrogens with zero attached hydrogens (tertiary/aromatic N) is 1. The minimum Gasteiger partial charge on any atom is -0.294 e. The van der Waals surface area contributed by atoms with Crippen LogP contribution < -0.4 is 11.3 Å². The van der Waals surface area contributed by atoms with Crippen LogP contribution in [0.5, 0.6) is 0 Å². The Kier molecular flexibility index (Phi) is 3.05. The van der Waals surface area contributed by atoms with Gasteiger partial charge in [-0.1, -0.05) is 13.8 Å². The minimum absolute atomic E-state index is 0.101. The predicted octanol–water partition coefficient (Wildman–Crippen LogP) is -0.436. The number of hydrogen-bond donors (Lipinski definition) is 2. The molecule has 0 bridgehead atoms. The van der Waals surface area contributed by atoms with Crippen LogP contribution in [0.3, 0.4) is 0 Å². The second kappa shape index (κ2) is 3.87. The van der Waals surface area contributed by atoms with Crippen LogP contribution in [0.15, 0.2) is 0 Å². The van der Waals surface area contributed by atoms with Gasteiger partial charge in [-0.2, -0.15) is 0 Å². The van der Waals surface area contributed by atoms with E-state index in [2.05, 4.69) is 24.2 Å². The molecular formula is C8H17N3O. The summed E-state index contributed by atoms with van der Waals surface area (Å²) < 4.78 is 0. The molecule has 1 rings (SSSR count). The number of rotatable bonds is 2. The Balaban J connectivity index is 2.32. The van der Waals surface area contributed by atoms with E-state index in [0.29, 0.717) is 18.4 Å². The van der Waals surface area contributed by atoms with Crippen LogP contribution in [0.25, 0.3) is 0 Å². The standard InChI is InChI=1S/C8H17N3O/c1-6-3-11(4-7(6)2)5-8(12)10-9/h6-7H,3-5,9H2,1-2H3,(H,10,12). The van der Waals surface area contributed by atoms with Gasteiger partial charge in [-0.05, 0) is 11.8 Å². The first-order chi connectivity index (χ1) is 5.63. The minimum atomic E-state index is -0.101. The molecule has 0 saturated carbocycles. The first kappa shape index (κ1) is 9.48. The summed E-state index contributed by atoms with van der Waals surface area (Å²) in [6, 6.07) is 0. The third-order valence-electron chi connectivity index (χ3n) is 2.59. The van der Waals surface area contributed by atoms with E-state index in [-0.39, 0.29) is 5.91 Å². The lowest BCUT2D eigenvalue weighted by molar-refractivity contribution is -0.122. The number of likely N-dealkylation sites (tertiary alicyclic amines) is 1. The van der Waals surface area contributed by atoms with Crippen LogP contribution in [0.2, 0.25) is 0 Å².